The van der Waals surface area contributed by atoms with E-state index >= 15 is 0 Å². The third-order valence-corrected chi connectivity index (χ3v) is 1.80. The zero-order valence-corrected chi connectivity index (χ0v) is 5.53. The van der Waals surface area contributed by atoms with Gasteiger partial charge in [0.25, 0.3) is 5.92 Å². The summed E-state index contributed by atoms with van der Waals surface area (Å²) in [5, 5.41) is 0. The standard InChI is InChI=1S/C7H9F2N/c1-2-6(10)3-4-7(8,9)5-6/h1H,3-5,10H2. The van der Waals surface area contributed by atoms with Gasteiger partial charge in [-0.25, -0.2) is 8.78 Å². The predicted molar refractivity (Wildman–Crippen MR) is 34.5 cm³/mol. The maximum absolute atomic E-state index is 12.5. The van der Waals surface area contributed by atoms with Crippen molar-refractivity contribution in [3.8, 4) is 12.3 Å². The highest BCUT2D eigenvalue weighted by Crippen LogP contribution is 2.39. The molecule has 2 N–H and O–H groups in total. The Morgan fingerprint density at radius 2 is 2.00 bits per heavy atom. The first kappa shape index (κ1) is 7.49. The molecule has 0 bridgehead atoms. The molecule has 1 aliphatic rings. The van der Waals surface area contributed by atoms with Gasteiger partial charge >= 0.3 is 0 Å². The molecule has 0 heterocycles. The van der Waals surface area contributed by atoms with Crippen molar-refractivity contribution in [2.45, 2.75) is 30.7 Å². The molecule has 56 valence electrons. The van der Waals surface area contributed by atoms with Crippen molar-refractivity contribution in [1.82, 2.24) is 0 Å². The molecule has 1 unspecified atom stereocenters. The van der Waals surface area contributed by atoms with Crippen LogP contribution in [0.2, 0.25) is 0 Å². The Balaban J connectivity index is 2.69. The summed E-state index contributed by atoms with van der Waals surface area (Å²) in [7, 11) is 0. The average molecular weight is 145 g/mol. The number of nitrogens with two attached hydrogens (primary N) is 1. The van der Waals surface area contributed by atoms with Crippen LogP contribution < -0.4 is 5.73 Å². The Morgan fingerprint density at radius 1 is 1.40 bits per heavy atom. The molecule has 1 nitrogen and oxygen atoms in total. The third kappa shape index (κ3) is 1.27. The summed E-state index contributed by atoms with van der Waals surface area (Å²) in [6, 6.07) is 0. The van der Waals surface area contributed by atoms with Crippen LogP contribution in [0.4, 0.5) is 8.78 Å². The minimum absolute atomic E-state index is 0.173. The molecule has 1 fully saturated rings. The van der Waals surface area contributed by atoms with Crippen LogP contribution in [-0.4, -0.2) is 11.5 Å². The summed E-state index contributed by atoms with van der Waals surface area (Å²) >= 11 is 0. The normalized spacial score (nSPS) is 37.4. The van der Waals surface area contributed by atoms with Crippen LogP contribution in [0.15, 0.2) is 0 Å². The van der Waals surface area contributed by atoms with E-state index in [1.807, 2.05) is 0 Å². The molecule has 1 aliphatic carbocycles. The van der Waals surface area contributed by atoms with E-state index in [1.165, 1.54) is 0 Å². The van der Waals surface area contributed by atoms with Crippen molar-refractivity contribution in [2.24, 2.45) is 5.73 Å². The van der Waals surface area contributed by atoms with Crippen LogP contribution in [0.25, 0.3) is 0 Å². The zero-order valence-electron chi connectivity index (χ0n) is 5.53. The Bertz CT molecular complexity index is 183. The molecule has 0 amide bonds. The van der Waals surface area contributed by atoms with E-state index in [2.05, 4.69) is 5.92 Å². The van der Waals surface area contributed by atoms with E-state index in [0.29, 0.717) is 0 Å². The zero-order chi connectivity index (χ0) is 7.83. The van der Waals surface area contributed by atoms with Gasteiger partial charge in [0.2, 0.25) is 0 Å². The SMILES string of the molecule is C#CC1(N)CCC(F)(F)C1. The lowest BCUT2D eigenvalue weighted by atomic mass is 10.0. The molecule has 0 spiro atoms. The van der Waals surface area contributed by atoms with Gasteiger partial charge in [-0.1, -0.05) is 5.92 Å². The molecule has 0 aromatic heterocycles. The quantitative estimate of drug-likeness (QED) is 0.508. The molecule has 3 heteroatoms. The summed E-state index contributed by atoms with van der Waals surface area (Å²) in [6.45, 7) is 0. The van der Waals surface area contributed by atoms with Crippen LogP contribution in [0, 0.1) is 12.3 Å². The van der Waals surface area contributed by atoms with E-state index in [0.717, 1.165) is 0 Å². The van der Waals surface area contributed by atoms with Gasteiger partial charge in [0.15, 0.2) is 0 Å². The fourth-order valence-corrected chi connectivity index (χ4v) is 1.17. The Kier molecular flexibility index (Phi) is 1.44. The highest BCUT2D eigenvalue weighted by Gasteiger charge is 2.46. The van der Waals surface area contributed by atoms with Crippen molar-refractivity contribution in [3.63, 3.8) is 0 Å². The summed E-state index contributed by atoms with van der Waals surface area (Å²) in [5.74, 6) is -0.444. The molecular formula is C7H9F2N. The second-order valence-electron chi connectivity index (χ2n) is 2.83. The molecule has 10 heavy (non-hydrogen) atoms. The molecule has 1 atom stereocenters. The summed E-state index contributed by atoms with van der Waals surface area (Å²) < 4.78 is 24.9. The van der Waals surface area contributed by atoms with E-state index in [4.69, 9.17) is 12.2 Å². The first-order valence-corrected chi connectivity index (χ1v) is 3.12. The third-order valence-electron chi connectivity index (χ3n) is 1.80. The number of rotatable bonds is 0. The Hall–Kier alpha value is -0.620. The highest BCUT2D eigenvalue weighted by molar-refractivity contribution is 5.16. The Labute approximate surface area is 58.6 Å². The molecule has 1 saturated carbocycles. The first-order valence-electron chi connectivity index (χ1n) is 3.12. The van der Waals surface area contributed by atoms with E-state index < -0.39 is 11.5 Å². The van der Waals surface area contributed by atoms with Crippen molar-refractivity contribution in [1.29, 1.82) is 0 Å². The fraction of sp³-hybridized carbons (Fsp3) is 0.714. The molecular weight excluding hydrogens is 136 g/mol. The van der Waals surface area contributed by atoms with E-state index in [1.54, 1.807) is 0 Å². The molecule has 0 saturated heterocycles. The molecule has 0 radical (unpaired) electrons. The first-order chi connectivity index (χ1) is 4.47. The highest BCUT2D eigenvalue weighted by atomic mass is 19.3. The van der Waals surface area contributed by atoms with Crippen molar-refractivity contribution >= 4 is 0 Å². The number of hydrogen-bond donors (Lipinski definition) is 1. The number of terminal acetylenes is 1. The maximum atomic E-state index is 12.5. The Morgan fingerprint density at radius 3 is 2.20 bits per heavy atom. The minimum Gasteiger partial charge on any atom is -0.315 e. The summed E-state index contributed by atoms with van der Waals surface area (Å²) in [4.78, 5) is 0. The lowest BCUT2D eigenvalue weighted by Gasteiger charge is -2.15. The van der Waals surface area contributed by atoms with Gasteiger partial charge in [-0.15, -0.1) is 6.42 Å². The van der Waals surface area contributed by atoms with Gasteiger partial charge in [0.1, 0.15) is 0 Å². The lowest BCUT2D eigenvalue weighted by Crippen LogP contribution is -2.36. The van der Waals surface area contributed by atoms with Gasteiger partial charge in [0, 0.05) is 12.8 Å². The van der Waals surface area contributed by atoms with Crippen LogP contribution in [-0.2, 0) is 0 Å². The molecule has 0 aliphatic heterocycles. The van der Waals surface area contributed by atoms with Crippen LogP contribution in [0.1, 0.15) is 19.3 Å². The summed E-state index contributed by atoms with van der Waals surface area (Å²) in [6.07, 6.45) is 4.68. The van der Waals surface area contributed by atoms with E-state index in [-0.39, 0.29) is 19.3 Å². The second-order valence-corrected chi connectivity index (χ2v) is 2.83. The predicted octanol–water partition coefficient (Wildman–Crippen LogP) is 1.14. The minimum atomic E-state index is -2.64. The van der Waals surface area contributed by atoms with E-state index in [9.17, 15) is 8.78 Å². The van der Waals surface area contributed by atoms with Crippen LogP contribution in [0.3, 0.4) is 0 Å². The van der Waals surface area contributed by atoms with Gasteiger partial charge < -0.3 is 5.73 Å². The molecule has 0 aromatic rings. The largest absolute Gasteiger partial charge is 0.315 e. The number of alkyl halides is 2. The van der Waals surface area contributed by atoms with Crippen LogP contribution >= 0.6 is 0 Å². The molecule has 0 aromatic carbocycles. The van der Waals surface area contributed by atoms with Crippen molar-refractivity contribution in [3.05, 3.63) is 0 Å². The lowest BCUT2D eigenvalue weighted by molar-refractivity contribution is 0.00576. The van der Waals surface area contributed by atoms with Gasteiger partial charge in [-0.3, -0.25) is 0 Å². The average Bonchev–Trinajstić information content (AvgIpc) is 2.08. The molecule has 1 rings (SSSR count). The summed E-state index contributed by atoms with van der Waals surface area (Å²) in [5.41, 5.74) is 4.37. The van der Waals surface area contributed by atoms with Crippen molar-refractivity contribution in [2.75, 3.05) is 0 Å². The van der Waals surface area contributed by atoms with Gasteiger partial charge in [0.05, 0.1) is 5.54 Å². The number of hydrogen-bond acceptors (Lipinski definition) is 1. The number of halogens is 2. The van der Waals surface area contributed by atoms with Gasteiger partial charge in [-0.2, -0.15) is 0 Å². The fourth-order valence-electron chi connectivity index (χ4n) is 1.17. The second kappa shape index (κ2) is 1.93. The topological polar surface area (TPSA) is 26.0 Å². The van der Waals surface area contributed by atoms with Gasteiger partial charge in [-0.05, 0) is 6.42 Å². The van der Waals surface area contributed by atoms with Crippen molar-refractivity contribution < 1.29 is 8.78 Å². The smallest absolute Gasteiger partial charge is 0.251 e. The van der Waals surface area contributed by atoms with Crippen LogP contribution in [0.5, 0.6) is 0 Å². The monoisotopic (exact) mass is 145 g/mol. The maximum Gasteiger partial charge on any atom is 0.251 e.